The van der Waals surface area contributed by atoms with E-state index in [0.717, 1.165) is 16.7 Å². The Hall–Kier alpha value is -2.27. The number of rotatable bonds is 5. The summed E-state index contributed by atoms with van der Waals surface area (Å²) in [6.07, 6.45) is 3.76. The van der Waals surface area contributed by atoms with Crippen LogP contribution in [-0.2, 0) is 11.2 Å². The third-order valence-corrected chi connectivity index (χ3v) is 3.42. The first-order valence-electron chi connectivity index (χ1n) is 6.64. The number of hydrogen-bond acceptors (Lipinski definition) is 3. The number of carbonyl (C=O) groups excluding carboxylic acids is 1. The molecule has 108 valence electrons. The van der Waals surface area contributed by atoms with Crippen LogP contribution in [0.2, 0.25) is 0 Å². The lowest BCUT2D eigenvalue weighted by Crippen LogP contribution is -2.28. The van der Waals surface area contributed by atoms with Gasteiger partial charge < -0.3 is 11.1 Å². The van der Waals surface area contributed by atoms with Crippen molar-refractivity contribution in [3.05, 3.63) is 65.5 Å². The molecule has 0 spiro atoms. The molecule has 0 aliphatic carbocycles. The highest BCUT2D eigenvalue weighted by Gasteiger charge is 2.10. The quantitative estimate of drug-likeness (QED) is 0.830. The minimum atomic E-state index is -0.0450. The van der Waals surface area contributed by atoms with Gasteiger partial charge in [0.2, 0.25) is 5.91 Å². The van der Waals surface area contributed by atoms with Crippen LogP contribution in [0.1, 0.15) is 29.7 Å². The molecule has 0 aliphatic rings. The zero-order chi connectivity index (χ0) is 15.2. The normalized spacial score (nSPS) is 11.7. The highest BCUT2D eigenvalue weighted by molar-refractivity contribution is 7.80. The van der Waals surface area contributed by atoms with Crippen molar-refractivity contribution in [2.45, 2.75) is 19.4 Å². The molecule has 0 saturated heterocycles. The molecule has 0 bridgehead atoms. The number of nitrogens with one attached hydrogen (secondary N) is 1. The number of benzene rings is 1. The molecule has 0 radical (unpaired) electrons. The van der Waals surface area contributed by atoms with Gasteiger partial charge in [-0.2, -0.15) is 0 Å². The molecule has 1 atom stereocenters. The van der Waals surface area contributed by atoms with Gasteiger partial charge in [-0.3, -0.25) is 9.78 Å². The van der Waals surface area contributed by atoms with Gasteiger partial charge in [0.15, 0.2) is 0 Å². The summed E-state index contributed by atoms with van der Waals surface area (Å²) in [7, 11) is 0. The smallest absolute Gasteiger partial charge is 0.224 e. The Labute approximate surface area is 129 Å². The maximum Gasteiger partial charge on any atom is 0.224 e. The summed E-state index contributed by atoms with van der Waals surface area (Å²) in [4.78, 5) is 16.4. The van der Waals surface area contributed by atoms with E-state index in [0.29, 0.717) is 11.4 Å². The predicted octanol–water partition coefficient (Wildman–Crippen LogP) is 2.14. The van der Waals surface area contributed by atoms with E-state index in [1.807, 2.05) is 43.3 Å². The van der Waals surface area contributed by atoms with E-state index in [1.54, 1.807) is 12.4 Å². The first kappa shape index (κ1) is 15.1. The molecule has 1 amide bonds. The van der Waals surface area contributed by atoms with Crippen molar-refractivity contribution in [3.63, 3.8) is 0 Å². The molecule has 4 nitrogen and oxygen atoms in total. The van der Waals surface area contributed by atoms with Crippen molar-refractivity contribution in [2.75, 3.05) is 0 Å². The van der Waals surface area contributed by atoms with Gasteiger partial charge in [0.25, 0.3) is 0 Å². The monoisotopic (exact) mass is 299 g/mol. The lowest BCUT2D eigenvalue weighted by molar-refractivity contribution is -0.121. The second-order valence-corrected chi connectivity index (χ2v) is 5.25. The average Bonchev–Trinajstić information content (AvgIpc) is 2.48. The lowest BCUT2D eigenvalue weighted by Gasteiger charge is -2.14. The molecule has 5 heteroatoms. The molecule has 1 unspecified atom stereocenters. The summed E-state index contributed by atoms with van der Waals surface area (Å²) in [5.41, 5.74) is 8.30. The molecule has 1 heterocycles. The predicted molar refractivity (Wildman–Crippen MR) is 86.8 cm³/mol. The largest absolute Gasteiger partial charge is 0.389 e. The fourth-order valence-electron chi connectivity index (χ4n) is 2.00. The number of nitrogens with zero attached hydrogens (tertiary/aromatic N) is 1. The van der Waals surface area contributed by atoms with Crippen molar-refractivity contribution < 1.29 is 4.79 Å². The first-order valence-corrected chi connectivity index (χ1v) is 7.05. The molecule has 21 heavy (non-hydrogen) atoms. The molecule has 1 aromatic heterocycles. The van der Waals surface area contributed by atoms with E-state index in [-0.39, 0.29) is 11.9 Å². The van der Waals surface area contributed by atoms with Gasteiger partial charge in [-0.05, 0) is 30.2 Å². The Morgan fingerprint density at radius 2 is 1.86 bits per heavy atom. The van der Waals surface area contributed by atoms with Gasteiger partial charge in [0.05, 0.1) is 12.5 Å². The Morgan fingerprint density at radius 1 is 1.24 bits per heavy atom. The molecule has 2 aromatic rings. The van der Waals surface area contributed by atoms with Gasteiger partial charge in [0.1, 0.15) is 4.99 Å². The summed E-state index contributed by atoms with van der Waals surface area (Å²) in [5, 5.41) is 2.96. The molecular weight excluding hydrogens is 282 g/mol. The Kier molecular flexibility index (Phi) is 5.00. The Morgan fingerprint density at radius 3 is 2.43 bits per heavy atom. The Balaban J connectivity index is 1.94. The number of aromatic nitrogens is 1. The summed E-state index contributed by atoms with van der Waals surface area (Å²) in [6, 6.07) is 11.1. The van der Waals surface area contributed by atoms with Crippen LogP contribution in [0, 0.1) is 0 Å². The standard InChI is InChI=1S/C16H17N3OS/c1-11(13-6-8-18-9-7-13)19-15(20)10-12-2-4-14(5-3-12)16(17)21/h2-9,11H,10H2,1H3,(H2,17,21)(H,19,20). The number of carbonyl (C=O) groups is 1. The SMILES string of the molecule is CC(NC(=O)Cc1ccc(C(N)=S)cc1)c1ccncc1. The van der Waals surface area contributed by atoms with Gasteiger partial charge in [-0.1, -0.05) is 36.5 Å². The average molecular weight is 299 g/mol. The maximum absolute atomic E-state index is 12.0. The number of hydrogen-bond donors (Lipinski definition) is 2. The molecule has 1 aromatic carbocycles. The highest BCUT2D eigenvalue weighted by atomic mass is 32.1. The third-order valence-electron chi connectivity index (χ3n) is 3.19. The fraction of sp³-hybridized carbons (Fsp3) is 0.188. The van der Waals surface area contributed by atoms with E-state index in [2.05, 4.69) is 10.3 Å². The van der Waals surface area contributed by atoms with Crippen LogP contribution in [0.3, 0.4) is 0 Å². The van der Waals surface area contributed by atoms with Crippen LogP contribution in [0.4, 0.5) is 0 Å². The maximum atomic E-state index is 12.0. The molecule has 0 aliphatic heterocycles. The van der Waals surface area contributed by atoms with Crippen LogP contribution < -0.4 is 11.1 Å². The minimum absolute atomic E-state index is 0.0256. The van der Waals surface area contributed by atoms with Crippen LogP contribution >= 0.6 is 12.2 Å². The molecule has 2 rings (SSSR count). The summed E-state index contributed by atoms with van der Waals surface area (Å²) in [5.74, 6) is -0.0256. The summed E-state index contributed by atoms with van der Waals surface area (Å²) >= 11 is 4.90. The van der Waals surface area contributed by atoms with Crippen molar-refractivity contribution in [1.82, 2.24) is 10.3 Å². The topological polar surface area (TPSA) is 68.0 Å². The second-order valence-electron chi connectivity index (χ2n) is 4.81. The number of nitrogens with two attached hydrogens (primary N) is 1. The van der Waals surface area contributed by atoms with E-state index in [4.69, 9.17) is 18.0 Å². The van der Waals surface area contributed by atoms with Crippen molar-refractivity contribution in [1.29, 1.82) is 0 Å². The molecule has 0 fully saturated rings. The third kappa shape index (κ3) is 4.36. The van der Waals surface area contributed by atoms with Crippen LogP contribution in [0.25, 0.3) is 0 Å². The second kappa shape index (κ2) is 6.95. The zero-order valence-corrected chi connectivity index (χ0v) is 12.6. The van der Waals surface area contributed by atoms with Crippen molar-refractivity contribution in [2.24, 2.45) is 5.73 Å². The van der Waals surface area contributed by atoms with Gasteiger partial charge >= 0.3 is 0 Å². The van der Waals surface area contributed by atoms with Gasteiger partial charge in [0, 0.05) is 18.0 Å². The van der Waals surface area contributed by atoms with Crippen LogP contribution in [0.15, 0.2) is 48.8 Å². The summed E-state index contributed by atoms with van der Waals surface area (Å²) < 4.78 is 0. The van der Waals surface area contributed by atoms with E-state index >= 15 is 0 Å². The van der Waals surface area contributed by atoms with E-state index in [1.165, 1.54) is 0 Å². The number of pyridine rings is 1. The summed E-state index contributed by atoms with van der Waals surface area (Å²) in [6.45, 7) is 1.95. The molecule has 0 saturated carbocycles. The van der Waals surface area contributed by atoms with Crippen LogP contribution in [-0.4, -0.2) is 15.9 Å². The number of amides is 1. The van der Waals surface area contributed by atoms with Gasteiger partial charge in [-0.25, -0.2) is 0 Å². The highest BCUT2D eigenvalue weighted by Crippen LogP contribution is 2.11. The van der Waals surface area contributed by atoms with Crippen molar-refractivity contribution in [3.8, 4) is 0 Å². The van der Waals surface area contributed by atoms with Crippen LogP contribution in [0.5, 0.6) is 0 Å². The first-order chi connectivity index (χ1) is 10.1. The van der Waals surface area contributed by atoms with E-state index < -0.39 is 0 Å². The lowest BCUT2D eigenvalue weighted by atomic mass is 10.1. The van der Waals surface area contributed by atoms with Crippen molar-refractivity contribution >= 4 is 23.1 Å². The molecule has 3 N–H and O–H groups in total. The molecular formula is C16H17N3OS. The fourth-order valence-corrected chi connectivity index (χ4v) is 2.14. The zero-order valence-electron chi connectivity index (χ0n) is 11.7. The Bertz CT molecular complexity index is 626. The van der Waals surface area contributed by atoms with E-state index in [9.17, 15) is 4.79 Å². The van der Waals surface area contributed by atoms with Gasteiger partial charge in [-0.15, -0.1) is 0 Å². The minimum Gasteiger partial charge on any atom is -0.389 e. The number of thiocarbonyl (C=S) groups is 1.